The van der Waals surface area contributed by atoms with Crippen molar-refractivity contribution in [3.63, 3.8) is 0 Å². The van der Waals surface area contributed by atoms with Crippen LogP contribution in [-0.2, 0) is 0 Å². The van der Waals surface area contributed by atoms with E-state index in [0.717, 1.165) is 30.6 Å². The first kappa shape index (κ1) is 14.9. The summed E-state index contributed by atoms with van der Waals surface area (Å²) in [5.41, 5.74) is 1.55. The van der Waals surface area contributed by atoms with Crippen molar-refractivity contribution < 1.29 is 9.90 Å². The van der Waals surface area contributed by atoms with Gasteiger partial charge in [-0.1, -0.05) is 25.0 Å². The molecular formula is C16H24N2O2. The van der Waals surface area contributed by atoms with E-state index in [-0.39, 0.29) is 12.1 Å². The Labute approximate surface area is 120 Å². The monoisotopic (exact) mass is 276 g/mol. The SMILES string of the molecule is CC(O)c1cccc(NC(=O)N2CCCCCC2C)c1. The highest BCUT2D eigenvalue weighted by molar-refractivity contribution is 5.89. The number of nitrogens with zero attached hydrogens (tertiary/aromatic N) is 1. The summed E-state index contributed by atoms with van der Waals surface area (Å²) in [7, 11) is 0. The van der Waals surface area contributed by atoms with Crippen molar-refractivity contribution in [2.75, 3.05) is 11.9 Å². The lowest BCUT2D eigenvalue weighted by Crippen LogP contribution is -2.41. The molecule has 110 valence electrons. The molecule has 2 rings (SSSR count). The second-order valence-corrected chi connectivity index (χ2v) is 5.62. The van der Waals surface area contributed by atoms with Gasteiger partial charge >= 0.3 is 6.03 Å². The van der Waals surface area contributed by atoms with Gasteiger partial charge in [0.05, 0.1) is 6.10 Å². The van der Waals surface area contributed by atoms with Crippen LogP contribution in [0.25, 0.3) is 0 Å². The molecule has 2 N–H and O–H groups in total. The average Bonchev–Trinajstić information content (AvgIpc) is 2.63. The number of aliphatic hydroxyl groups excluding tert-OH is 1. The summed E-state index contributed by atoms with van der Waals surface area (Å²) >= 11 is 0. The summed E-state index contributed by atoms with van der Waals surface area (Å²) in [6.07, 6.45) is 4.02. The highest BCUT2D eigenvalue weighted by Gasteiger charge is 2.21. The molecule has 2 amide bonds. The zero-order valence-electron chi connectivity index (χ0n) is 12.3. The molecule has 1 heterocycles. The predicted octanol–water partition coefficient (Wildman–Crippen LogP) is 3.54. The fraction of sp³-hybridized carbons (Fsp3) is 0.562. The molecular weight excluding hydrogens is 252 g/mol. The van der Waals surface area contributed by atoms with Gasteiger partial charge in [-0.3, -0.25) is 0 Å². The molecule has 0 bridgehead atoms. The summed E-state index contributed by atoms with van der Waals surface area (Å²) in [6.45, 7) is 4.65. The number of urea groups is 1. The number of hydrogen-bond donors (Lipinski definition) is 2. The maximum atomic E-state index is 12.4. The van der Waals surface area contributed by atoms with Crippen LogP contribution in [0.15, 0.2) is 24.3 Å². The molecule has 1 aliphatic heterocycles. The lowest BCUT2D eigenvalue weighted by molar-refractivity contribution is 0.194. The summed E-state index contributed by atoms with van der Waals surface area (Å²) in [5, 5.41) is 12.5. The molecule has 1 fully saturated rings. The maximum absolute atomic E-state index is 12.4. The van der Waals surface area contributed by atoms with E-state index in [4.69, 9.17) is 0 Å². The fourth-order valence-electron chi connectivity index (χ4n) is 2.65. The number of carbonyl (C=O) groups excluding carboxylic acids is 1. The van der Waals surface area contributed by atoms with Crippen LogP contribution in [0.4, 0.5) is 10.5 Å². The van der Waals surface area contributed by atoms with Gasteiger partial charge in [-0.2, -0.15) is 0 Å². The van der Waals surface area contributed by atoms with Crippen LogP contribution in [0, 0.1) is 0 Å². The van der Waals surface area contributed by atoms with Crippen LogP contribution in [0.1, 0.15) is 51.2 Å². The van der Waals surface area contributed by atoms with Crippen molar-refractivity contribution in [3.05, 3.63) is 29.8 Å². The van der Waals surface area contributed by atoms with Crippen LogP contribution < -0.4 is 5.32 Å². The number of benzene rings is 1. The van der Waals surface area contributed by atoms with Gasteiger partial charge in [0.25, 0.3) is 0 Å². The highest BCUT2D eigenvalue weighted by atomic mass is 16.3. The van der Waals surface area contributed by atoms with Crippen LogP contribution in [-0.4, -0.2) is 28.6 Å². The van der Waals surface area contributed by atoms with E-state index in [1.54, 1.807) is 6.92 Å². The lowest BCUT2D eigenvalue weighted by atomic mass is 10.1. The first-order chi connectivity index (χ1) is 9.58. The second-order valence-electron chi connectivity index (χ2n) is 5.62. The summed E-state index contributed by atoms with van der Waals surface area (Å²) in [6, 6.07) is 7.63. The molecule has 4 nitrogen and oxygen atoms in total. The third-order valence-corrected chi connectivity index (χ3v) is 3.93. The zero-order valence-corrected chi connectivity index (χ0v) is 12.3. The molecule has 1 aromatic rings. The minimum Gasteiger partial charge on any atom is -0.389 e. The van der Waals surface area contributed by atoms with Gasteiger partial charge in [-0.15, -0.1) is 0 Å². The first-order valence-corrected chi connectivity index (χ1v) is 7.43. The van der Waals surface area contributed by atoms with Crippen molar-refractivity contribution in [3.8, 4) is 0 Å². The predicted molar refractivity (Wildman–Crippen MR) is 80.7 cm³/mol. The topological polar surface area (TPSA) is 52.6 Å². The van der Waals surface area contributed by atoms with Gasteiger partial charge in [-0.05, 0) is 44.4 Å². The van der Waals surface area contributed by atoms with E-state index in [1.165, 1.54) is 12.8 Å². The Morgan fingerprint density at radius 2 is 2.20 bits per heavy atom. The minimum absolute atomic E-state index is 0.0397. The molecule has 1 aromatic carbocycles. The standard InChI is InChI=1S/C16H24N2O2/c1-12-7-4-3-5-10-18(12)16(20)17-15-9-6-8-14(11-15)13(2)19/h6,8-9,11-13,19H,3-5,7,10H2,1-2H3,(H,17,20). The number of amides is 2. The number of rotatable bonds is 2. The third-order valence-electron chi connectivity index (χ3n) is 3.93. The molecule has 0 saturated carbocycles. The van der Waals surface area contributed by atoms with E-state index >= 15 is 0 Å². The average molecular weight is 276 g/mol. The van der Waals surface area contributed by atoms with Crippen LogP contribution >= 0.6 is 0 Å². The summed E-state index contributed by atoms with van der Waals surface area (Å²) in [5.74, 6) is 0. The molecule has 0 radical (unpaired) electrons. The molecule has 1 saturated heterocycles. The van der Waals surface area contributed by atoms with Gasteiger partial charge in [0.15, 0.2) is 0 Å². The van der Waals surface area contributed by atoms with E-state index < -0.39 is 6.10 Å². The van der Waals surface area contributed by atoms with E-state index in [2.05, 4.69) is 12.2 Å². The van der Waals surface area contributed by atoms with Gasteiger partial charge < -0.3 is 15.3 Å². The number of hydrogen-bond acceptors (Lipinski definition) is 2. The Balaban J connectivity index is 2.04. The van der Waals surface area contributed by atoms with Gasteiger partial charge in [0.1, 0.15) is 0 Å². The molecule has 1 aliphatic rings. The molecule has 0 aliphatic carbocycles. The second kappa shape index (κ2) is 6.75. The van der Waals surface area contributed by atoms with Crippen molar-refractivity contribution >= 4 is 11.7 Å². The van der Waals surface area contributed by atoms with Crippen molar-refractivity contribution in [2.24, 2.45) is 0 Å². The molecule has 0 spiro atoms. The van der Waals surface area contributed by atoms with Crippen LogP contribution in [0.3, 0.4) is 0 Å². The number of nitrogens with one attached hydrogen (secondary N) is 1. The van der Waals surface area contributed by atoms with Gasteiger partial charge in [-0.25, -0.2) is 4.79 Å². The smallest absolute Gasteiger partial charge is 0.322 e. The number of likely N-dealkylation sites (tertiary alicyclic amines) is 1. The number of anilines is 1. The lowest BCUT2D eigenvalue weighted by Gasteiger charge is -2.27. The van der Waals surface area contributed by atoms with Crippen LogP contribution in [0.2, 0.25) is 0 Å². The van der Waals surface area contributed by atoms with E-state index in [1.807, 2.05) is 29.2 Å². The zero-order chi connectivity index (χ0) is 14.5. The Hall–Kier alpha value is -1.55. The molecule has 20 heavy (non-hydrogen) atoms. The number of carbonyl (C=O) groups is 1. The van der Waals surface area contributed by atoms with E-state index in [9.17, 15) is 9.90 Å². The Morgan fingerprint density at radius 1 is 1.40 bits per heavy atom. The highest BCUT2D eigenvalue weighted by Crippen LogP contribution is 2.20. The number of aliphatic hydroxyl groups is 1. The van der Waals surface area contributed by atoms with Crippen molar-refractivity contribution in [2.45, 2.75) is 51.7 Å². The molecule has 2 unspecified atom stereocenters. The summed E-state index contributed by atoms with van der Waals surface area (Å²) < 4.78 is 0. The first-order valence-electron chi connectivity index (χ1n) is 7.43. The van der Waals surface area contributed by atoms with Gasteiger partial charge in [0.2, 0.25) is 0 Å². The summed E-state index contributed by atoms with van der Waals surface area (Å²) in [4.78, 5) is 14.3. The quantitative estimate of drug-likeness (QED) is 0.868. The molecule has 0 aromatic heterocycles. The van der Waals surface area contributed by atoms with Crippen molar-refractivity contribution in [1.82, 2.24) is 4.90 Å². The fourth-order valence-corrected chi connectivity index (χ4v) is 2.65. The third kappa shape index (κ3) is 3.73. The Morgan fingerprint density at radius 3 is 2.95 bits per heavy atom. The minimum atomic E-state index is -0.524. The van der Waals surface area contributed by atoms with Crippen molar-refractivity contribution in [1.29, 1.82) is 0 Å². The molecule has 2 atom stereocenters. The molecule has 4 heteroatoms. The van der Waals surface area contributed by atoms with Crippen LogP contribution in [0.5, 0.6) is 0 Å². The maximum Gasteiger partial charge on any atom is 0.322 e. The van der Waals surface area contributed by atoms with Gasteiger partial charge in [0, 0.05) is 18.3 Å². The Kier molecular flexibility index (Phi) is 5.01. The Bertz CT molecular complexity index is 460. The van der Waals surface area contributed by atoms with E-state index in [0.29, 0.717) is 0 Å². The normalized spacial score (nSPS) is 21.1. The largest absolute Gasteiger partial charge is 0.389 e.